The number of fused-ring (bicyclic) bond motifs is 1. The van der Waals surface area contributed by atoms with E-state index in [0.29, 0.717) is 0 Å². The van der Waals surface area contributed by atoms with E-state index < -0.39 is 0 Å². The molecule has 4 rings (SSSR count). The number of nitrogens with zero attached hydrogens (tertiary/aromatic N) is 1. The number of nitrogens with one attached hydrogen (secondary N) is 1. The molecule has 124 valence electrons. The zero-order valence-electron chi connectivity index (χ0n) is 14.3. The van der Waals surface area contributed by atoms with Crippen LogP contribution in [0.2, 0.25) is 0 Å². The third-order valence-electron chi connectivity index (χ3n) is 6.27. The molecule has 0 saturated heterocycles. The molecule has 2 heteroatoms. The predicted molar refractivity (Wildman–Crippen MR) is 98.7 cm³/mol. The van der Waals surface area contributed by atoms with E-state index in [2.05, 4.69) is 34.7 Å². The molecule has 2 saturated carbocycles. The minimum Gasteiger partial charge on any atom is -0.382 e. The van der Waals surface area contributed by atoms with Gasteiger partial charge in [0.1, 0.15) is 0 Å². The zero-order valence-corrected chi connectivity index (χ0v) is 14.3. The van der Waals surface area contributed by atoms with E-state index in [1.165, 1.54) is 69.0 Å². The molecule has 0 radical (unpaired) electrons. The topological polar surface area (TPSA) is 24.4 Å². The standard InChI is InChI=1S/C21H30N2/c1-2-6-16(5-1)13-17-7-3-8-18(14-17)20-10-4-9-19-15-22-11-12-23-21(19)20/h4,9-10,15-18,23H,1-3,5-8,11-14H2. The van der Waals surface area contributed by atoms with Crippen LogP contribution in [0.25, 0.3) is 0 Å². The highest BCUT2D eigenvalue weighted by Gasteiger charge is 2.28. The summed E-state index contributed by atoms with van der Waals surface area (Å²) in [6.45, 7) is 1.86. The number of benzene rings is 1. The van der Waals surface area contributed by atoms with Gasteiger partial charge in [-0.2, -0.15) is 0 Å². The Bertz CT molecular complexity index is 557. The summed E-state index contributed by atoms with van der Waals surface area (Å²) in [6, 6.07) is 6.81. The van der Waals surface area contributed by atoms with Gasteiger partial charge in [0.05, 0.1) is 6.54 Å². The number of hydrogen-bond donors (Lipinski definition) is 1. The number of para-hydroxylation sites is 1. The zero-order chi connectivity index (χ0) is 15.5. The van der Waals surface area contributed by atoms with Gasteiger partial charge in [0.2, 0.25) is 0 Å². The molecule has 2 aliphatic carbocycles. The van der Waals surface area contributed by atoms with Crippen LogP contribution in [0.15, 0.2) is 23.2 Å². The lowest BCUT2D eigenvalue weighted by Crippen LogP contribution is -2.18. The van der Waals surface area contributed by atoms with E-state index in [-0.39, 0.29) is 0 Å². The van der Waals surface area contributed by atoms with Crippen LogP contribution in [-0.2, 0) is 0 Å². The average molecular weight is 310 g/mol. The molecule has 3 aliphatic rings. The Kier molecular flexibility index (Phi) is 4.68. The monoisotopic (exact) mass is 310 g/mol. The van der Waals surface area contributed by atoms with Gasteiger partial charge >= 0.3 is 0 Å². The Morgan fingerprint density at radius 2 is 1.87 bits per heavy atom. The lowest BCUT2D eigenvalue weighted by atomic mass is 9.74. The van der Waals surface area contributed by atoms with E-state index in [9.17, 15) is 0 Å². The van der Waals surface area contributed by atoms with Crippen molar-refractivity contribution in [2.24, 2.45) is 16.8 Å². The maximum Gasteiger partial charge on any atom is 0.0562 e. The van der Waals surface area contributed by atoms with Crippen molar-refractivity contribution in [1.82, 2.24) is 0 Å². The highest BCUT2D eigenvalue weighted by Crippen LogP contribution is 2.43. The van der Waals surface area contributed by atoms with Crippen LogP contribution in [0, 0.1) is 11.8 Å². The van der Waals surface area contributed by atoms with Crippen LogP contribution < -0.4 is 5.32 Å². The van der Waals surface area contributed by atoms with Crippen molar-refractivity contribution in [2.45, 2.75) is 63.7 Å². The van der Waals surface area contributed by atoms with Crippen LogP contribution in [0.4, 0.5) is 5.69 Å². The lowest BCUT2D eigenvalue weighted by Gasteiger charge is -2.32. The number of rotatable bonds is 3. The van der Waals surface area contributed by atoms with Gasteiger partial charge in [-0.15, -0.1) is 0 Å². The van der Waals surface area contributed by atoms with Crippen LogP contribution in [0.3, 0.4) is 0 Å². The molecular weight excluding hydrogens is 280 g/mol. The van der Waals surface area contributed by atoms with Gasteiger partial charge in [-0.05, 0) is 42.6 Å². The highest BCUT2D eigenvalue weighted by atomic mass is 14.9. The highest BCUT2D eigenvalue weighted by molar-refractivity contribution is 5.89. The van der Waals surface area contributed by atoms with Crippen molar-refractivity contribution < 1.29 is 0 Å². The maximum atomic E-state index is 4.49. The molecule has 1 N–H and O–H groups in total. The summed E-state index contributed by atoms with van der Waals surface area (Å²) >= 11 is 0. The molecule has 2 fully saturated rings. The van der Waals surface area contributed by atoms with Gasteiger partial charge in [0, 0.05) is 24.0 Å². The maximum absolute atomic E-state index is 4.49. The molecule has 2 nitrogen and oxygen atoms in total. The van der Waals surface area contributed by atoms with Crippen molar-refractivity contribution in [3.63, 3.8) is 0 Å². The molecule has 23 heavy (non-hydrogen) atoms. The van der Waals surface area contributed by atoms with E-state index in [0.717, 1.165) is 30.8 Å². The van der Waals surface area contributed by atoms with Crippen molar-refractivity contribution in [2.75, 3.05) is 18.4 Å². The Hall–Kier alpha value is -1.31. The molecular formula is C21H30N2. The van der Waals surface area contributed by atoms with Gasteiger partial charge in [-0.1, -0.05) is 56.7 Å². The van der Waals surface area contributed by atoms with Crippen LogP contribution in [0.1, 0.15) is 74.8 Å². The quantitative estimate of drug-likeness (QED) is 0.795. The first kappa shape index (κ1) is 15.2. The third-order valence-corrected chi connectivity index (χ3v) is 6.27. The van der Waals surface area contributed by atoms with E-state index in [1.807, 2.05) is 0 Å². The number of benzodiazepines with no additional fused rings is 1. The second-order valence-corrected chi connectivity index (χ2v) is 7.89. The van der Waals surface area contributed by atoms with Gasteiger partial charge in [0.15, 0.2) is 0 Å². The van der Waals surface area contributed by atoms with Crippen LogP contribution in [0.5, 0.6) is 0 Å². The molecule has 1 aromatic rings. The first-order chi connectivity index (χ1) is 11.4. The van der Waals surface area contributed by atoms with Gasteiger partial charge in [-0.3, -0.25) is 4.99 Å². The molecule has 1 heterocycles. The first-order valence-electron chi connectivity index (χ1n) is 9.77. The fourth-order valence-corrected chi connectivity index (χ4v) is 5.15. The predicted octanol–water partition coefficient (Wildman–Crippen LogP) is 5.39. The summed E-state index contributed by atoms with van der Waals surface area (Å²) in [5, 5.41) is 3.65. The first-order valence-corrected chi connectivity index (χ1v) is 9.77. The Morgan fingerprint density at radius 1 is 1.00 bits per heavy atom. The van der Waals surface area contributed by atoms with Gasteiger partial charge < -0.3 is 5.32 Å². The summed E-state index contributed by atoms with van der Waals surface area (Å²) in [7, 11) is 0. The van der Waals surface area contributed by atoms with Crippen molar-refractivity contribution in [3.8, 4) is 0 Å². The second-order valence-electron chi connectivity index (χ2n) is 7.89. The van der Waals surface area contributed by atoms with E-state index >= 15 is 0 Å². The normalized spacial score (nSPS) is 28.2. The van der Waals surface area contributed by atoms with Crippen molar-refractivity contribution >= 4 is 11.9 Å². The van der Waals surface area contributed by atoms with Crippen molar-refractivity contribution in [3.05, 3.63) is 29.3 Å². The summed E-state index contributed by atoms with van der Waals surface area (Å²) in [6.07, 6.45) is 15.2. The number of hydrogen-bond acceptors (Lipinski definition) is 2. The summed E-state index contributed by atoms with van der Waals surface area (Å²) in [5.74, 6) is 2.76. The number of aliphatic imine (C=N–C) groups is 1. The largest absolute Gasteiger partial charge is 0.382 e. The SMILES string of the molecule is C1=NCCNc2c1cccc2C1CCCC(CC2CCCC2)C1. The van der Waals surface area contributed by atoms with Gasteiger partial charge in [-0.25, -0.2) is 0 Å². The third kappa shape index (κ3) is 3.46. The number of anilines is 1. The fraction of sp³-hybridized carbons (Fsp3) is 0.667. The minimum atomic E-state index is 0.754. The molecule has 2 unspecified atom stereocenters. The molecule has 0 amide bonds. The molecule has 1 aromatic carbocycles. The van der Waals surface area contributed by atoms with Crippen LogP contribution in [-0.4, -0.2) is 19.3 Å². The summed E-state index contributed by atoms with van der Waals surface area (Å²) in [4.78, 5) is 4.49. The minimum absolute atomic E-state index is 0.754. The van der Waals surface area contributed by atoms with E-state index in [1.54, 1.807) is 5.56 Å². The molecule has 1 aliphatic heterocycles. The van der Waals surface area contributed by atoms with E-state index in [4.69, 9.17) is 0 Å². The fourth-order valence-electron chi connectivity index (χ4n) is 5.15. The molecule has 0 bridgehead atoms. The summed E-state index contributed by atoms with van der Waals surface area (Å²) < 4.78 is 0. The Labute approximate surface area is 140 Å². The average Bonchev–Trinajstić information content (AvgIpc) is 2.96. The Balaban J connectivity index is 1.50. The van der Waals surface area contributed by atoms with Crippen molar-refractivity contribution in [1.29, 1.82) is 0 Å². The molecule has 2 atom stereocenters. The smallest absolute Gasteiger partial charge is 0.0562 e. The lowest BCUT2D eigenvalue weighted by molar-refractivity contribution is 0.266. The molecule has 0 aromatic heterocycles. The second kappa shape index (κ2) is 7.07. The van der Waals surface area contributed by atoms with Crippen LogP contribution >= 0.6 is 0 Å². The molecule has 0 spiro atoms. The Morgan fingerprint density at radius 3 is 2.78 bits per heavy atom. The van der Waals surface area contributed by atoms with Gasteiger partial charge in [0.25, 0.3) is 0 Å². The summed E-state index contributed by atoms with van der Waals surface area (Å²) in [5.41, 5.74) is 4.23.